The van der Waals surface area contributed by atoms with Gasteiger partial charge in [-0.1, -0.05) is 13.0 Å². The minimum atomic E-state index is -4.49. The summed E-state index contributed by atoms with van der Waals surface area (Å²) < 4.78 is 83.8. The molecule has 3 aliphatic carbocycles. The number of amidine groups is 1. The Morgan fingerprint density at radius 2 is 1.68 bits per heavy atom. The molecular weight excluding hydrogens is 514 g/mol. The number of fused-ring (bicyclic) bond motifs is 3. The van der Waals surface area contributed by atoms with Crippen molar-refractivity contribution in [3.05, 3.63) is 29.3 Å². The first-order valence-electron chi connectivity index (χ1n) is 13.0. The number of carbonyl (C=O) groups excluding carboxylic acids is 1. The molecule has 2 spiro atoms. The Kier molecular flexibility index (Phi) is 7.82. The predicted molar refractivity (Wildman–Crippen MR) is 129 cm³/mol. The van der Waals surface area contributed by atoms with E-state index in [9.17, 15) is 31.1 Å². The van der Waals surface area contributed by atoms with Gasteiger partial charge in [-0.2, -0.15) is 26.3 Å². The van der Waals surface area contributed by atoms with Crippen molar-refractivity contribution in [3.8, 4) is 5.75 Å². The van der Waals surface area contributed by atoms with Gasteiger partial charge < -0.3 is 9.47 Å². The number of benzene rings is 1. The number of aliphatic imine (C=N–C) groups is 1. The van der Waals surface area contributed by atoms with Gasteiger partial charge in [0.2, 0.25) is 0 Å². The molecule has 1 unspecified atom stereocenters. The third kappa shape index (κ3) is 5.67. The zero-order valence-corrected chi connectivity index (χ0v) is 21.8. The Morgan fingerprint density at radius 1 is 1.05 bits per heavy atom. The minimum Gasteiger partial charge on any atom is -0.493 e. The van der Waals surface area contributed by atoms with Crippen molar-refractivity contribution >= 4 is 11.7 Å². The van der Waals surface area contributed by atoms with E-state index in [4.69, 9.17) is 14.5 Å². The largest absolute Gasteiger partial charge is 0.493 e. The topological polar surface area (TPSA) is 51.1 Å². The van der Waals surface area contributed by atoms with Crippen LogP contribution in [0.4, 0.5) is 26.3 Å². The molecule has 5 nitrogen and oxygen atoms in total. The van der Waals surface area contributed by atoms with E-state index < -0.39 is 42.2 Å². The highest BCUT2D eigenvalue weighted by Gasteiger charge is 2.67. The molecule has 1 heterocycles. The molecule has 1 aromatic rings. The first-order valence-corrected chi connectivity index (χ1v) is 13.0. The van der Waals surface area contributed by atoms with Crippen LogP contribution >= 0.6 is 0 Å². The maximum Gasteiger partial charge on any atom is 0.406 e. The summed E-state index contributed by atoms with van der Waals surface area (Å²) in [7, 11) is 1.68. The summed E-state index contributed by atoms with van der Waals surface area (Å²) in [5.41, 5.74) is -0.165. The second-order valence-corrected chi connectivity index (χ2v) is 10.8. The highest BCUT2D eigenvalue weighted by molar-refractivity contribution is 6.09. The fourth-order valence-electron chi connectivity index (χ4n) is 5.91. The van der Waals surface area contributed by atoms with Gasteiger partial charge in [0.25, 0.3) is 5.91 Å². The number of amides is 1. The fourth-order valence-corrected chi connectivity index (χ4v) is 5.91. The van der Waals surface area contributed by atoms with Crippen molar-refractivity contribution in [3.63, 3.8) is 0 Å². The van der Waals surface area contributed by atoms with E-state index in [0.29, 0.717) is 37.5 Å². The minimum absolute atomic E-state index is 0.103. The summed E-state index contributed by atoms with van der Waals surface area (Å²) in [4.78, 5) is 19.4. The number of nitrogens with zero attached hydrogens (tertiary/aromatic N) is 2. The number of hydrogen-bond acceptors (Lipinski definition) is 4. The van der Waals surface area contributed by atoms with Crippen molar-refractivity contribution in [2.45, 2.75) is 89.2 Å². The monoisotopic (exact) mass is 548 g/mol. The number of alkyl halides is 6. The smallest absolute Gasteiger partial charge is 0.406 e. The summed E-state index contributed by atoms with van der Waals surface area (Å²) in [5.74, 6) is 0.815. The number of hydrogen-bond donors (Lipinski definition) is 0. The van der Waals surface area contributed by atoms with Gasteiger partial charge in [-0.3, -0.25) is 14.7 Å². The van der Waals surface area contributed by atoms with Crippen LogP contribution in [0.2, 0.25) is 0 Å². The van der Waals surface area contributed by atoms with Gasteiger partial charge in [-0.15, -0.1) is 0 Å². The molecule has 0 saturated heterocycles. The lowest BCUT2D eigenvalue weighted by atomic mass is 9.61. The van der Waals surface area contributed by atoms with Crippen molar-refractivity contribution < 1.29 is 40.6 Å². The molecule has 2 saturated carbocycles. The van der Waals surface area contributed by atoms with Crippen LogP contribution in [0.1, 0.15) is 69.9 Å². The summed E-state index contributed by atoms with van der Waals surface area (Å²) in [6.45, 7) is 1.91. The van der Waals surface area contributed by atoms with Gasteiger partial charge in [0.1, 0.15) is 18.1 Å². The lowest BCUT2D eigenvalue weighted by Crippen LogP contribution is -2.53. The van der Waals surface area contributed by atoms with Gasteiger partial charge in [0.15, 0.2) is 5.54 Å². The third-order valence-electron chi connectivity index (χ3n) is 8.19. The standard InChI is InChI=1S/C24H29F3N2O3.C3H5F3/c1-15-28-24(21(30)29(15)14-23(25,26)27)20-11-19(32-13-16-3-4-16)6-5-17(20)12-22(24)9-7-18(31-2)8-10-22;1-2-3(4,5)6/h5-6,11,16,18H,3-4,7-10,12-14H2,1-2H3;2H2,1H3. The van der Waals surface area contributed by atoms with E-state index in [2.05, 4.69) is 0 Å². The SMILES string of the molecule is CCC(F)(F)F.COC1CCC2(CC1)Cc1ccc(OCC3CC3)cc1C21N=C(C)N(CC(F)(F)F)C1=O. The van der Waals surface area contributed by atoms with E-state index in [0.717, 1.165) is 48.6 Å². The van der Waals surface area contributed by atoms with E-state index in [1.54, 1.807) is 7.11 Å². The number of ether oxygens (including phenoxy) is 2. The molecule has 1 amide bonds. The molecule has 0 radical (unpaired) electrons. The van der Waals surface area contributed by atoms with Crippen molar-refractivity contribution in [1.82, 2.24) is 4.90 Å². The lowest BCUT2D eigenvalue weighted by Gasteiger charge is -2.45. The fraction of sp³-hybridized carbons (Fsp3) is 0.704. The zero-order valence-electron chi connectivity index (χ0n) is 21.8. The molecule has 0 aromatic heterocycles. The normalized spacial score (nSPS) is 28.9. The zero-order chi connectivity index (χ0) is 27.9. The highest BCUT2D eigenvalue weighted by atomic mass is 19.4. The van der Waals surface area contributed by atoms with E-state index >= 15 is 0 Å². The average Bonchev–Trinajstić information content (AvgIpc) is 3.61. The Labute approximate surface area is 218 Å². The molecule has 1 aromatic carbocycles. The van der Waals surface area contributed by atoms with E-state index in [1.165, 1.54) is 6.92 Å². The average molecular weight is 549 g/mol. The van der Waals surface area contributed by atoms with Crippen LogP contribution in [0.5, 0.6) is 5.75 Å². The maximum absolute atomic E-state index is 13.8. The lowest BCUT2D eigenvalue weighted by molar-refractivity contribution is -0.158. The second kappa shape index (κ2) is 10.4. The van der Waals surface area contributed by atoms with Crippen LogP contribution in [0.15, 0.2) is 23.2 Å². The molecule has 5 rings (SSSR count). The van der Waals surface area contributed by atoms with Gasteiger partial charge in [-0.25, -0.2) is 0 Å². The van der Waals surface area contributed by atoms with Crippen LogP contribution in [-0.2, 0) is 21.5 Å². The van der Waals surface area contributed by atoms with E-state index in [1.807, 2.05) is 18.2 Å². The van der Waals surface area contributed by atoms with Crippen LogP contribution in [0.25, 0.3) is 0 Å². The molecule has 1 atom stereocenters. The summed E-state index contributed by atoms with van der Waals surface area (Å²) >= 11 is 0. The number of rotatable bonds is 5. The van der Waals surface area contributed by atoms with Crippen molar-refractivity contribution in [2.24, 2.45) is 16.3 Å². The molecule has 212 valence electrons. The molecule has 4 aliphatic rings. The Bertz CT molecular complexity index is 1060. The van der Waals surface area contributed by atoms with Crippen LogP contribution < -0.4 is 4.74 Å². The van der Waals surface area contributed by atoms with Gasteiger partial charge in [-0.05, 0) is 81.0 Å². The van der Waals surface area contributed by atoms with Crippen molar-refractivity contribution in [2.75, 3.05) is 20.3 Å². The van der Waals surface area contributed by atoms with Crippen LogP contribution in [-0.4, -0.2) is 55.4 Å². The first kappa shape index (κ1) is 28.7. The van der Waals surface area contributed by atoms with Gasteiger partial charge >= 0.3 is 12.4 Å². The van der Waals surface area contributed by atoms with Crippen LogP contribution in [0, 0.1) is 11.3 Å². The second-order valence-electron chi connectivity index (χ2n) is 10.8. The quantitative estimate of drug-likeness (QED) is 0.391. The Morgan fingerprint density at radius 3 is 2.21 bits per heavy atom. The van der Waals surface area contributed by atoms with Gasteiger partial charge in [0.05, 0.1) is 12.7 Å². The van der Waals surface area contributed by atoms with Gasteiger partial charge in [0, 0.05) is 18.9 Å². The number of halogens is 6. The molecule has 38 heavy (non-hydrogen) atoms. The molecule has 1 aliphatic heterocycles. The van der Waals surface area contributed by atoms with E-state index in [-0.39, 0.29) is 11.9 Å². The van der Waals surface area contributed by atoms with Crippen molar-refractivity contribution in [1.29, 1.82) is 0 Å². The highest BCUT2D eigenvalue weighted by Crippen LogP contribution is 2.62. The van der Waals surface area contributed by atoms with Crippen LogP contribution in [0.3, 0.4) is 0 Å². The third-order valence-corrected chi connectivity index (χ3v) is 8.19. The molecule has 11 heteroatoms. The Balaban J connectivity index is 0.000000505. The number of methoxy groups -OCH3 is 1. The molecular formula is C27H34F6N2O3. The summed E-state index contributed by atoms with van der Waals surface area (Å²) in [5, 5.41) is 0. The Hall–Kier alpha value is -2.30. The summed E-state index contributed by atoms with van der Waals surface area (Å²) in [6, 6.07) is 5.75. The predicted octanol–water partition coefficient (Wildman–Crippen LogP) is 6.58. The maximum atomic E-state index is 13.8. The molecule has 0 bridgehead atoms. The molecule has 2 fully saturated rings. The first-order chi connectivity index (χ1) is 17.7. The number of carbonyl (C=O) groups is 1. The summed E-state index contributed by atoms with van der Waals surface area (Å²) in [6.07, 6.45) is -3.24. The molecule has 0 N–H and O–H groups in total.